The zero-order valence-corrected chi connectivity index (χ0v) is 14.8. The van der Waals surface area contributed by atoms with E-state index in [1.54, 1.807) is 11.8 Å². The summed E-state index contributed by atoms with van der Waals surface area (Å²) >= 11 is 0. The van der Waals surface area contributed by atoms with Crippen molar-refractivity contribution in [3.05, 3.63) is 35.9 Å². The molecule has 2 rings (SSSR count). The van der Waals surface area contributed by atoms with E-state index < -0.39 is 0 Å². The van der Waals surface area contributed by atoms with Crippen LogP contribution >= 0.6 is 0 Å². The van der Waals surface area contributed by atoms with Gasteiger partial charge in [-0.1, -0.05) is 30.3 Å². The molecule has 0 aliphatic carbocycles. The predicted molar refractivity (Wildman–Crippen MR) is 95.1 cm³/mol. The van der Waals surface area contributed by atoms with Crippen molar-refractivity contribution in [2.75, 3.05) is 19.6 Å². The number of rotatable bonds is 6. The molecular weight excluding hydrogens is 302 g/mol. The topological polar surface area (TPSA) is 66.6 Å². The lowest BCUT2D eigenvalue weighted by atomic mass is 9.91. The molecule has 1 aliphatic heterocycles. The summed E-state index contributed by atoms with van der Waals surface area (Å²) in [7, 11) is 0. The van der Waals surface area contributed by atoms with Crippen molar-refractivity contribution in [1.82, 2.24) is 9.80 Å². The van der Waals surface area contributed by atoms with Crippen molar-refractivity contribution in [3.8, 4) is 0 Å². The Balaban J connectivity index is 1.81. The molecule has 0 radical (unpaired) electrons. The van der Waals surface area contributed by atoms with Crippen molar-refractivity contribution in [2.24, 2.45) is 11.7 Å². The molecule has 0 spiro atoms. The van der Waals surface area contributed by atoms with E-state index in [0.29, 0.717) is 25.4 Å². The summed E-state index contributed by atoms with van der Waals surface area (Å²) in [6.45, 7) is 6.18. The Morgan fingerprint density at radius 2 is 1.88 bits per heavy atom. The number of hydrogen-bond donors (Lipinski definition) is 1. The molecule has 132 valence electrons. The number of nitrogens with zero attached hydrogens (tertiary/aromatic N) is 2. The number of carbonyl (C=O) groups excluding carboxylic acids is 2. The summed E-state index contributed by atoms with van der Waals surface area (Å²) in [5.41, 5.74) is 7.03. The van der Waals surface area contributed by atoms with Crippen molar-refractivity contribution in [3.63, 3.8) is 0 Å². The van der Waals surface area contributed by atoms with E-state index in [-0.39, 0.29) is 17.9 Å². The molecule has 5 heteroatoms. The van der Waals surface area contributed by atoms with Gasteiger partial charge in [-0.2, -0.15) is 0 Å². The minimum Gasteiger partial charge on any atom is -0.343 e. The summed E-state index contributed by atoms with van der Waals surface area (Å²) in [6.07, 6.45) is 2.34. The van der Waals surface area contributed by atoms with Crippen LogP contribution in [0.15, 0.2) is 30.3 Å². The highest BCUT2D eigenvalue weighted by atomic mass is 16.2. The number of benzene rings is 1. The zero-order chi connectivity index (χ0) is 17.5. The van der Waals surface area contributed by atoms with Gasteiger partial charge in [-0.15, -0.1) is 0 Å². The predicted octanol–water partition coefficient (Wildman–Crippen LogP) is 2.01. The van der Waals surface area contributed by atoms with Gasteiger partial charge in [0, 0.05) is 45.6 Å². The maximum absolute atomic E-state index is 12.4. The maximum Gasteiger partial charge on any atom is 0.224 e. The molecule has 1 aliphatic rings. The van der Waals surface area contributed by atoms with Gasteiger partial charge in [-0.05, 0) is 31.2 Å². The molecule has 2 N–H and O–H groups in total. The minimum absolute atomic E-state index is 0.00215. The largest absolute Gasteiger partial charge is 0.343 e. The second-order valence-corrected chi connectivity index (χ2v) is 6.75. The van der Waals surface area contributed by atoms with Gasteiger partial charge in [0.2, 0.25) is 11.8 Å². The first kappa shape index (κ1) is 18.5. The summed E-state index contributed by atoms with van der Waals surface area (Å²) in [6, 6.07) is 10.1. The van der Waals surface area contributed by atoms with Crippen LogP contribution in [0.3, 0.4) is 0 Å². The molecule has 0 bridgehead atoms. The van der Waals surface area contributed by atoms with Crippen LogP contribution in [0.5, 0.6) is 0 Å². The smallest absolute Gasteiger partial charge is 0.224 e. The first-order chi connectivity index (χ1) is 11.5. The first-order valence-electron chi connectivity index (χ1n) is 8.80. The maximum atomic E-state index is 12.4. The molecular formula is C19H29N3O2. The van der Waals surface area contributed by atoms with E-state index in [4.69, 9.17) is 5.73 Å². The lowest BCUT2D eigenvalue weighted by Gasteiger charge is -2.34. The SMILES string of the molecule is CC(=O)N(CCC(=O)N1CCC(C(C)N)CC1)Cc1ccccc1. The summed E-state index contributed by atoms with van der Waals surface area (Å²) in [5, 5.41) is 0. The standard InChI is InChI=1S/C19H29N3O2/c1-15(20)18-8-11-21(12-9-18)19(24)10-13-22(16(2)23)14-17-6-4-3-5-7-17/h3-7,15,18H,8-14,20H2,1-2H3. The first-order valence-corrected chi connectivity index (χ1v) is 8.80. The second-order valence-electron chi connectivity index (χ2n) is 6.75. The Hall–Kier alpha value is -1.88. The van der Waals surface area contributed by atoms with Gasteiger partial charge in [0.15, 0.2) is 0 Å². The van der Waals surface area contributed by atoms with E-state index in [2.05, 4.69) is 0 Å². The van der Waals surface area contributed by atoms with Gasteiger partial charge in [0.05, 0.1) is 0 Å². The van der Waals surface area contributed by atoms with Crippen LogP contribution in [0.25, 0.3) is 0 Å². The van der Waals surface area contributed by atoms with Crippen LogP contribution in [-0.4, -0.2) is 47.3 Å². The third-order valence-corrected chi connectivity index (χ3v) is 4.89. The fraction of sp³-hybridized carbons (Fsp3) is 0.579. The van der Waals surface area contributed by atoms with E-state index >= 15 is 0 Å². The highest BCUT2D eigenvalue weighted by Crippen LogP contribution is 2.20. The molecule has 1 aromatic rings. The molecule has 1 aromatic carbocycles. The van der Waals surface area contributed by atoms with Crippen LogP contribution < -0.4 is 5.73 Å². The zero-order valence-electron chi connectivity index (χ0n) is 14.8. The number of likely N-dealkylation sites (tertiary alicyclic amines) is 1. The lowest BCUT2D eigenvalue weighted by Crippen LogP contribution is -2.43. The van der Waals surface area contributed by atoms with Gasteiger partial charge >= 0.3 is 0 Å². The second kappa shape index (κ2) is 8.83. The molecule has 0 aromatic heterocycles. The Morgan fingerprint density at radius 3 is 2.42 bits per heavy atom. The molecule has 0 saturated carbocycles. The summed E-state index contributed by atoms with van der Waals surface area (Å²) in [5.74, 6) is 0.653. The third kappa shape index (κ3) is 5.34. The third-order valence-electron chi connectivity index (χ3n) is 4.89. The number of nitrogens with two attached hydrogens (primary N) is 1. The highest BCUT2D eigenvalue weighted by Gasteiger charge is 2.25. The van der Waals surface area contributed by atoms with E-state index in [9.17, 15) is 9.59 Å². The Kier molecular flexibility index (Phi) is 6.79. The van der Waals surface area contributed by atoms with Crippen LogP contribution in [0.4, 0.5) is 0 Å². The normalized spacial score (nSPS) is 16.7. The van der Waals surface area contributed by atoms with Crippen molar-refractivity contribution >= 4 is 11.8 Å². The Morgan fingerprint density at radius 1 is 1.25 bits per heavy atom. The molecule has 5 nitrogen and oxygen atoms in total. The minimum atomic E-state index is 0.00215. The van der Waals surface area contributed by atoms with Gasteiger partial charge in [0.1, 0.15) is 0 Å². The fourth-order valence-corrected chi connectivity index (χ4v) is 3.22. The van der Waals surface area contributed by atoms with Crippen LogP contribution in [0.1, 0.15) is 38.7 Å². The Labute approximate surface area is 144 Å². The van der Waals surface area contributed by atoms with E-state index in [1.807, 2.05) is 42.2 Å². The average molecular weight is 331 g/mol. The van der Waals surface area contributed by atoms with Gasteiger partial charge in [0.25, 0.3) is 0 Å². The van der Waals surface area contributed by atoms with Gasteiger partial charge in [-0.25, -0.2) is 0 Å². The number of piperidine rings is 1. The quantitative estimate of drug-likeness (QED) is 0.867. The van der Waals surface area contributed by atoms with Gasteiger partial charge < -0.3 is 15.5 Å². The monoisotopic (exact) mass is 331 g/mol. The number of hydrogen-bond acceptors (Lipinski definition) is 3. The molecule has 1 unspecified atom stereocenters. The highest BCUT2D eigenvalue weighted by molar-refractivity contribution is 5.78. The molecule has 1 saturated heterocycles. The summed E-state index contributed by atoms with van der Waals surface area (Å²) in [4.78, 5) is 27.9. The van der Waals surface area contributed by atoms with Gasteiger partial charge in [-0.3, -0.25) is 9.59 Å². The average Bonchev–Trinajstić information content (AvgIpc) is 2.59. The molecule has 1 fully saturated rings. The summed E-state index contributed by atoms with van der Waals surface area (Å²) < 4.78 is 0. The molecule has 1 atom stereocenters. The Bertz CT molecular complexity index is 537. The fourth-order valence-electron chi connectivity index (χ4n) is 3.22. The van der Waals surface area contributed by atoms with Crippen LogP contribution in [-0.2, 0) is 16.1 Å². The van der Waals surface area contributed by atoms with Crippen molar-refractivity contribution in [1.29, 1.82) is 0 Å². The van der Waals surface area contributed by atoms with Crippen molar-refractivity contribution < 1.29 is 9.59 Å². The number of amides is 2. The molecule has 24 heavy (non-hydrogen) atoms. The van der Waals surface area contributed by atoms with E-state index in [1.165, 1.54) is 0 Å². The van der Waals surface area contributed by atoms with Crippen LogP contribution in [0.2, 0.25) is 0 Å². The van der Waals surface area contributed by atoms with Crippen molar-refractivity contribution in [2.45, 2.75) is 45.7 Å². The molecule has 1 heterocycles. The molecule has 2 amide bonds. The van der Waals surface area contributed by atoms with Crippen LogP contribution in [0, 0.1) is 5.92 Å². The lowest BCUT2D eigenvalue weighted by molar-refractivity contribution is -0.134. The number of carbonyl (C=O) groups is 2. The van der Waals surface area contributed by atoms with E-state index in [0.717, 1.165) is 31.5 Å².